The number of hydrogen-bond acceptors (Lipinski definition) is 2. The van der Waals surface area contributed by atoms with E-state index in [1.807, 2.05) is 13.8 Å². The highest BCUT2D eigenvalue weighted by Gasteiger charge is 2.26. The van der Waals surface area contributed by atoms with Crippen LogP contribution in [0.15, 0.2) is 36.4 Å². The largest absolute Gasteiger partial charge is 0.325 e. The van der Waals surface area contributed by atoms with Gasteiger partial charge in [0.1, 0.15) is 5.92 Å². The maximum atomic E-state index is 12.6. The Balaban J connectivity index is 2.12. The van der Waals surface area contributed by atoms with Gasteiger partial charge in [-0.15, -0.1) is 11.6 Å². The summed E-state index contributed by atoms with van der Waals surface area (Å²) in [7, 11) is 0. The van der Waals surface area contributed by atoms with Crippen LogP contribution in [0.2, 0.25) is 10.0 Å². The van der Waals surface area contributed by atoms with Gasteiger partial charge >= 0.3 is 0 Å². The SMILES string of the molecule is Cc1cc(NC(=O)C(CCCl)C(=O)Nc2ccc(Cl)c(C)c2)ccc1Cl. The van der Waals surface area contributed by atoms with Crippen LogP contribution >= 0.6 is 34.8 Å². The van der Waals surface area contributed by atoms with E-state index in [2.05, 4.69) is 10.6 Å². The molecule has 0 aliphatic heterocycles. The summed E-state index contributed by atoms with van der Waals surface area (Å²) in [5.74, 6) is -1.57. The van der Waals surface area contributed by atoms with Gasteiger partial charge in [0.05, 0.1) is 0 Å². The second kappa shape index (κ2) is 9.26. The summed E-state index contributed by atoms with van der Waals surface area (Å²) in [6.45, 7) is 3.67. The van der Waals surface area contributed by atoms with Gasteiger partial charge in [-0.05, 0) is 67.8 Å². The molecule has 0 spiro atoms. The van der Waals surface area contributed by atoms with Gasteiger partial charge in [0.2, 0.25) is 11.8 Å². The molecule has 0 radical (unpaired) electrons. The fourth-order valence-electron chi connectivity index (χ4n) is 2.39. The van der Waals surface area contributed by atoms with E-state index in [-0.39, 0.29) is 12.3 Å². The highest BCUT2D eigenvalue weighted by atomic mass is 35.5. The summed E-state index contributed by atoms with van der Waals surface area (Å²) in [4.78, 5) is 25.1. The van der Waals surface area contributed by atoms with Crippen LogP contribution in [-0.4, -0.2) is 17.7 Å². The zero-order chi connectivity index (χ0) is 19.3. The van der Waals surface area contributed by atoms with Gasteiger partial charge in [-0.3, -0.25) is 9.59 Å². The minimum absolute atomic E-state index is 0.185. The number of halogens is 3. The van der Waals surface area contributed by atoms with Crippen LogP contribution in [0.1, 0.15) is 17.5 Å². The molecule has 138 valence electrons. The Morgan fingerprint density at radius 3 is 1.65 bits per heavy atom. The Hall–Kier alpha value is -1.75. The second-order valence-corrected chi connectivity index (χ2v) is 7.13. The molecule has 0 unspecified atom stereocenters. The van der Waals surface area contributed by atoms with Gasteiger partial charge in [-0.25, -0.2) is 0 Å². The number of nitrogens with one attached hydrogen (secondary N) is 2. The van der Waals surface area contributed by atoms with Crippen LogP contribution in [0.25, 0.3) is 0 Å². The zero-order valence-corrected chi connectivity index (χ0v) is 16.7. The molecule has 2 aromatic rings. The maximum Gasteiger partial charge on any atom is 0.237 e. The van der Waals surface area contributed by atoms with E-state index in [0.717, 1.165) is 11.1 Å². The molecule has 2 amide bonds. The van der Waals surface area contributed by atoms with Crippen LogP contribution in [0.4, 0.5) is 11.4 Å². The smallest absolute Gasteiger partial charge is 0.237 e. The number of rotatable bonds is 6. The van der Waals surface area contributed by atoms with Crippen LogP contribution < -0.4 is 10.6 Å². The molecular formula is C19H19Cl3N2O2. The normalized spacial score (nSPS) is 10.7. The fraction of sp³-hybridized carbons (Fsp3) is 0.263. The Labute approximate surface area is 167 Å². The van der Waals surface area contributed by atoms with E-state index in [9.17, 15) is 9.59 Å². The molecule has 0 aliphatic rings. The number of aryl methyl sites for hydroxylation is 2. The molecule has 0 heterocycles. The molecule has 0 saturated carbocycles. The Morgan fingerprint density at radius 2 is 1.31 bits per heavy atom. The van der Waals surface area contributed by atoms with Gasteiger partial charge < -0.3 is 10.6 Å². The fourth-order valence-corrected chi connectivity index (χ4v) is 2.85. The number of carbonyl (C=O) groups excluding carboxylic acids is 2. The number of carbonyl (C=O) groups is 2. The molecule has 26 heavy (non-hydrogen) atoms. The van der Waals surface area contributed by atoms with Crippen molar-refractivity contribution in [3.63, 3.8) is 0 Å². The topological polar surface area (TPSA) is 58.2 Å². The van der Waals surface area contributed by atoms with Crippen LogP contribution in [0.3, 0.4) is 0 Å². The minimum Gasteiger partial charge on any atom is -0.325 e. The summed E-state index contributed by atoms with van der Waals surface area (Å²) in [6, 6.07) is 10.3. The lowest BCUT2D eigenvalue weighted by Gasteiger charge is -2.16. The highest BCUT2D eigenvalue weighted by molar-refractivity contribution is 6.31. The Morgan fingerprint density at radius 1 is 0.885 bits per heavy atom. The first-order valence-electron chi connectivity index (χ1n) is 8.02. The second-order valence-electron chi connectivity index (χ2n) is 5.94. The van der Waals surface area contributed by atoms with Crippen molar-refractivity contribution in [2.75, 3.05) is 16.5 Å². The maximum absolute atomic E-state index is 12.6. The van der Waals surface area contributed by atoms with Crippen molar-refractivity contribution in [2.45, 2.75) is 20.3 Å². The molecule has 2 rings (SSSR count). The molecule has 0 saturated heterocycles. The molecule has 0 atom stereocenters. The molecule has 0 aliphatic carbocycles. The first-order valence-corrected chi connectivity index (χ1v) is 9.31. The van der Waals surface area contributed by atoms with Crippen molar-refractivity contribution in [2.24, 2.45) is 5.92 Å². The first kappa shape index (κ1) is 20.6. The average Bonchev–Trinajstić information content (AvgIpc) is 2.59. The molecule has 2 N–H and O–H groups in total. The summed E-state index contributed by atoms with van der Waals surface area (Å²) >= 11 is 17.8. The Bertz CT molecular complexity index is 759. The summed E-state index contributed by atoms with van der Waals surface area (Å²) in [5, 5.41) is 6.70. The van der Waals surface area contributed by atoms with Gasteiger partial charge in [-0.2, -0.15) is 0 Å². The van der Waals surface area contributed by atoms with Gasteiger partial charge in [0.25, 0.3) is 0 Å². The molecule has 4 nitrogen and oxygen atoms in total. The highest BCUT2D eigenvalue weighted by Crippen LogP contribution is 2.22. The number of hydrogen-bond donors (Lipinski definition) is 2. The van der Waals surface area contributed by atoms with Crippen LogP contribution in [-0.2, 0) is 9.59 Å². The van der Waals surface area contributed by atoms with Gasteiger partial charge in [0.15, 0.2) is 0 Å². The molecule has 0 bridgehead atoms. The van der Waals surface area contributed by atoms with E-state index in [1.54, 1.807) is 36.4 Å². The van der Waals surface area contributed by atoms with Gasteiger partial charge in [0, 0.05) is 27.3 Å². The quantitative estimate of drug-likeness (QED) is 0.490. The Kier molecular flexibility index (Phi) is 7.33. The first-order chi connectivity index (χ1) is 12.3. The van der Waals surface area contributed by atoms with E-state index < -0.39 is 17.7 Å². The monoisotopic (exact) mass is 412 g/mol. The van der Waals surface area contributed by atoms with Crippen molar-refractivity contribution in [1.82, 2.24) is 0 Å². The van der Waals surface area contributed by atoms with Crippen molar-refractivity contribution in [3.8, 4) is 0 Å². The van der Waals surface area contributed by atoms with E-state index in [4.69, 9.17) is 34.8 Å². The standard InChI is InChI=1S/C19H19Cl3N2O2/c1-11-9-13(3-5-16(11)21)23-18(25)15(7-8-20)19(26)24-14-4-6-17(22)12(2)10-14/h3-6,9-10,15H,7-8H2,1-2H3,(H,23,25)(H,24,26). The molecule has 2 aromatic carbocycles. The van der Waals surface area contributed by atoms with Crippen LogP contribution in [0.5, 0.6) is 0 Å². The predicted molar refractivity (Wildman–Crippen MR) is 108 cm³/mol. The number of anilines is 2. The number of alkyl halides is 1. The minimum atomic E-state index is -0.917. The van der Waals surface area contributed by atoms with E-state index in [1.165, 1.54) is 0 Å². The molecule has 7 heteroatoms. The molecule has 0 fully saturated rings. The summed E-state index contributed by atoms with van der Waals surface area (Å²) in [5.41, 5.74) is 2.82. The van der Waals surface area contributed by atoms with Crippen molar-refractivity contribution < 1.29 is 9.59 Å². The zero-order valence-electron chi connectivity index (χ0n) is 14.4. The third kappa shape index (κ3) is 5.37. The van der Waals surface area contributed by atoms with Crippen molar-refractivity contribution in [3.05, 3.63) is 57.6 Å². The lowest BCUT2D eigenvalue weighted by molar-refractivity contribution is -0.129. The van der Waals surface area contributed by atoms with Crippen molar-refractivity contribution >= 4 is 58.0 Å². The third-order valence-electron chi connectivity index (χ3n) is 3.88. The molecule has 0 aromatic heterocycles. The lowest BCUT2D eigenvalue weighted by Crippen LogP contribution is -2.34. The van der Waals surface area contributed by atoms with E-state index in [0.29, 0.717) is 21.4 Å². The molecular weight excluding hydrogens is 395 g/mol. The summed E-state index contributed by atoms with van der Waals surface area (Å²) < 4.78 is 0. The summed E-state index contributed by atoms with van der Waals surface area (Å²) in [6.07, 6.45) is 0.221. The van der Waals surface area contributed by atoms with Crippen molar-refractivity contribution in [1.29, 1.82) is 0 Å². The average molecular weight is 414 g/mol. The number of amides is 2. The third-order valence-corrected chi connectivity index (χ3v) is 4.95. The van der Waals surface area contributed by atoms with Crippen LogP contribution in [0, 0.1) is 19.8 Å². The van der Waals surface area contributed by atoms with Gasteiger partial charge in [-0.1, -0.05) is 23.2 Å². The lowest BCUT2D eigenvalue weighted by atomic mass is 10.0. The number of benzene rings is 2. The predicted octanol–water partition coefficient (Wildman–Crippen LogP) is 5.43. The van der Waals surface area contributed by atoms with E-state index >= 15 is 0 Å².